The number of carbonyl (C=O) groups is 2. The third-order valence-corrected chi connectivity index (χ3v) is 5.31. The van der Waals surface area contributed by atoms with E-state index in [2.05, 4.69) is 24.5 Å². The summed E-state index contributed by atoms with van der Waals surface area (Å²) in [7, 11) is 1.52. The number of hydrogen-bond donors (Lipinski definition) is 2. The fraction of sp³-hybridized carbons (Fsp3) is 0.417. The van der Waals surface area contributed by atoms with Crippen LogP contribution in [0.15, 0.2) is 36.4 Å². The van der Waals surface area contributed by atoms with Crippen LogP contribution in [0.1, 0.15) is 49.0 Å². The zero-order valence-electron chi connectivity index (χ0n) is 18.2. The van der Waals surface area contributed by atoms with Gasteiger partial charge in [-0.25, -0.2) is 0 Å². The van der Waals surface area contributed by atoms with Gasteiger partial charge in [0.05, 0.1) is 18.7 Å². The van der Waals surface area contributed by atoms with Gasteiger partial charge in [-0.3, -0.25) is 9.59 Å². The number of halogens is 1. The number of ether oxygens (including phenoxy) is 2. The van der Waals surface area contributed by atoms with Crippen molar-refractivity contribution >= 4 is 29.1 Å². The quantitative estimate of drug-likeness (QED) is 0.537. The van der Waals surface area contributed by atoms with Crippen LogP contribution in [0.4, 0.5) is 5.69 Å². The van der Waals surface area contributed by atoms with Gasteiger partial charge in [-0.05, 0) is 55.0 Å². The van der Waals surface area contributed by atoms with Gasteiger partial charge in [0.15, 0.2) is 11.5 Å². The largest absolute Gasteiger partial charge is 0.493 e. The number of hydrogen-bond acceptors (Lipinski definition) is 4. The molecule has 0 heterocycles. The van der Waals surface area contributed by atoms with E-state index >= 15 is 0 Å². The van der Waals surface area contributed by atoms with Gasteiger partial charge in [0.2, 0.25) is 5.91 Å². The SMILES string of the molecule is COc1cc(C(=O)NCc2cccc(NC(=O)C3CC3)c2)cc(Cl)c1OCCC(C)C. The number of anilines is 1. The molecule has 31 heavy (non-hydrogen) atoms. The lowest BCUT2D eigenvalue weighted by Gasteiger charge is -2.15. The highest BCUT2D eigenvalue weighted by Crippen LogP contribution is 2.36. The van der Waals surface area contributed by atoms with Gasteiger partial charge in [0.25, 0.3) is 5.91 Å². The van der Waals surface area contributed by atoms with E-state index < -0.39 is 0 Å². The second kappa shape index (κ2) is 10.5. The molecule has 0 spiro atoms. The molecule has 2 N–H and O–H groups in total. The molecule has 0 aliphatic heterocycles. The van der Waals surface area contributed by atoms with Gasteiger partial charge >= 0.3 is 0 Å². The van der Waals surface area contributed by atoms with E-state index in [1.807, 2.05) is 24.3 Å². The van der Waals surface area contributed by atoms with E-state index in [0.717, 1.165) is 30.5 Å². The van der Waals surface area contributed by atoms with Crippen LogP contribution in [-0.2, 0) is 11.3 Å². The Hall–Kier alpha value is -2.73. The maximum atomic E-state index is 12.7. The molecule has 1 aliphatic carbocycles. The smallest absolute Gasteiger partial charge is 0.251 e. The Kier molecular flexibility index (Phi) is 7.80. The van der Waals surface area contributed by atoms with Crippen molar-refractivity contribution < 1.29 is 19.1 Å². The molecule has 0 bridgehead atoms. The Morgan fingerprint density at radius 2 is 1.97 bits per heavy atom. The number of methoxy groups -OCH3 is 1. The third kappa shape index (κ3) is 6.62. The van der Waals surface area contributed by atoms with Crippen molar-refractivity contribution in [2.24, 2.45) is 11.8 Å². The van der Waals surface area contributed by atoms with Gasteiger partial charge in [-0.15, -0.1) is 0 Å². The predicted octanol–water partition coefficient (Wildman–Crippen LogP) is 5.05. The minimum atomic E-state index is -0.277. The molecular formula is C24H29ClN2O4. The minimum Gasteiger partial charge on any atom is -0.493 e. The van der Waals surface area contributed by atoms with Crippen LogP contribution in [0.5, 0.6) is 11.5 Å². The first-order valence-electron chi connectivity index (χ1n) is 10.6. The maximum Gasteiger partial charge on any atom is 0.251 e. The summed E-state index contributed by atoms with van der Waals surface area (Å²) in [5.74, 6) is 1.29. The van der Waals surface area contributed by atoms with Crippen molar-refractivity contribution in [3.05, 3.63) is 52.5 Å². The number of carbonyl (C=O) groups excluding carboxylic acids is 2. The van der Waals surface area contributed by atoms with Gasteiger partial charge in [-0.2, -0.15) is 0 Å². The van der Waals surface area contributed by atoms with E-state index in [1.54, 1.807) is 12.1 Å². The van der Waals surface area contributed by atoms with Gasteiger partial charge in [0.1, 0.15) is 0 Å². The Morgan fingerprint density at radius 3 is 2.65 bits per heavy atom. The average molecular weight is 445 g/mol. The first-order chi connectivity index (χ1) is 14.9. The summed E-state index contributed by atoms with van der Waals surface area (Å²) in [6.07, 6.45) is 2.80. The standard InChI is InChI=1S/C24H29ClN2O4/c1-15(2)9-10-31-22-20(25)12-18(13-21(22)30-3)23(28)26-14-16-5-4-6-19(11-16)27-24(29)17-7-8-17/h4-6,11-13,15,17H,7-10,14H2,1-3H3,(H,26,28)(H,27,29). The first kappa shape index (κ1) is 22.9. The van der Waals surface area contributed by atoms with Crippen LogP contribution in [0.2, 0.25) is 5.02 Å². The molecule has 0 atom stereocenters. The summed E-state index contributed by atoms with van der Waals surface area (Å²) in [5.41, 5.74) is 2.00. The number of rotatable bonds is 10. The molecule has 166 valence electrons. The average Bonchev–Trinajstić information content (AvgIpc) is 3.58. The van der Waals surface area contributed by atoms with Crippen LogP contribution in [0.3, 0.4) is 0 Å². The highest BCUT2D eigenvalue weighted by atomic mass is 35.5. The molecule has 0 saturated heterocycles. The highest BCUT2D eigenvalue weighted by molar-refractivity contribution is 6.32. The van der Waals surface area contributed by atoms with Gasteiger partial charge in [-0.1, -0.05) is 37.6 Å². The maximum absolute atomic E-state index is 12.7. The molecule has 7 heteroatoms. The molecule has 1 fully saturated rings. The fourth-order valence-electron chi connectivity index (χ4n) is 3.02. The third-order valence-electron chi connectivity index (χ3n) is 5.03. The number of nitrogens with one attached hydrogen (secondary N) is 2. The van der Waals surface area contributed by atoms with Crippen molar-refractivity contribution in [3.8, 4) is 11.5 Å². The lowest BCUT2D eigenvalue weighted by molar-refractivity contribution is -0.117. The first-order valence-corrected chi connectivity index (χ1v) is 10.9. The number of amides is 2. The van der Waals surface area contributed by atoms with Crippen molar-refractivity contribution in [1.29, 1.82) is 0 Å². The summed E-state index contributed by atoms with van der Waals surface area (Å²) >= 11 is 6.36. The summed E-state index contributed by atoms with van der Waals surface area (Å²) in [6, 6.07) is 10.7. The monoisotopic (exact) mass is 444 g/mol. The van der Waals surface area contributed by atoms with Crippen LogP contribution in [-0.4, -0.2) is 25.5 Å². The molecule has 0 unspecified atom stereocenters. The zero-order valence-corrected chi connectivity index (χ0v) is 18.9. The van der Waals surface area contributed by atoms with Crippen molar-refractivity contribution in [2.75, 3.05) is 19.0 Å². The molecule has 1 aliphatic rings. The van der Waals surface area contributed by atoms with Crippen molar-refractivity contribution in [1.82, 2.24) is 5.32 Å². The summed E-state index contributed by atoms with van der Waals surface area (Å²) in [5, 5.41) is 6.13. The van der Waals surface area contributed by atoms with E-state index in [9.17, 15) is 9.59 Å². The summed E-state index contributed by atoms with van der Waals surface area (Å²) in [6.45, 7) is 5.07. The Morgan fingerprint density at radius 1 is 1.19 bits per heavy atom. The second-order valence-electron chi connectivity index (χ2n) is 8.17. The Labute approximate surface area is 188 Å². The van der Waals surface area contributed by atoms with Crippen LogP contribution in [0.25, 0.3) is 0 Å². The highest BCUT2D eigenvalue weighted by Gasteiger charge is 2.29. The van der Waals surface area contributed by atoms with Crippen molar-refractivity contribution in [2.45, 2.75) is 39.7 Å². The van der Waals surface area contributed by atoms with Gasteiger partial charge in [0, 0.05) is 23.7 Å². The van der Waals surface area contributed by atoms with Gasteiger partial charge < -0.3 is 20.1 Å². The van der Waals surface area contributed by atoms with Crippen LogP contribution >= 0.6 is 11.6 Å². The van der Waals surface area contributed by atoms with E-state index in [0.29, 0.717) is 41.2 Å². The molecular weight excluding hydrogens is 416 g/mol. The second-order valence-corrected chi connectivity index (χ2v) is 8.57. The molecule has 0 radical (unpaired) electrons. The van der Waals surface area contributed by atoms with Crippen LogP contribution < -0.4 is 20.1 Å². The molecule has 1 saturated carbocycles. The molecule has 3 rings (SSSR count). The fourth-order valence-corrected chi connectivity index (χ4v) is 3.29. The normalized spacial score (nSPS) is 13.1. The Bertz CT molecular complexity index is 941. The zero-order chi connectivity index (χ0) is 22.4. The van der Waals surface area contributed by atoms with Crippen LogP contribution in [0, 0.1) is 11.8 Å². The van der Waals surface area contributed by atoms with Crippen molar-refractivity contribution in [3.63, 3.8) is 0 Å². The van der Waals surface area contributed by atoms with E-state index in [-0.39, 0.29) is 17.7 Å². The Balaban J connectivity index is 1.62. The lowest BCUT2D eigenvalue weighted by atomic mass is 10.1. The summed E-state index contributed by atoms with van der Waals surface area (Å²) in [4.78, 5) is 24.6. The minimum absolute atomic E-state index is 0.0543. The topological polar surface area (TPSA) is 76.7 Å². The van der Waals surface area contributed by atoms with E-state index in [1.165, 1.54) is 7.11 Å². The molecule has 2 aromatic rings. The van der Waals surface area contributed by atoms with E-state index in [4.69, 9.17) is 21.1 Å². The predicted molar refractivity (Wildman–Crippen MR) is 122 cm³/mol. The number of benzene rings is 2. The molecule has 2 amide bonds. The lowest BCUT2D eigenvalue weighted by Crippen LogP contribution is -2.23. The molecule has 2 aromatic carbocycles. The summed E-state index contributed by atoms with van der Waals surface area (Å²) < 4.78 is 11.2. The molecule has 6 nitrogen and oxygen atoms in total. The molecule has 0 aromatic heterocycles.